The number of nitrogens with zero attached hydrogens (tertiary/aromatic N) is 1. The van der Waals surface area contributed by atoms with Crippen LogP contribution in [0.4, 0.5) is 0 Å². The largest absolute Gasteiger partial charge is 0.378 e. The van der Waals surface area contributed by atoms with Crippen LogP contribution in [-0.2, 0) is 22.5 Å². The van der Waals surface area contributed by atoms with Gasteiger partial charge in [-0.05, 0) is 53.0 Å². The van der Waals surface area contributed by atoms with Gasteiger partial charge in [0.1, 0.15) is 0 Å². The van der Waals surface area contributed by atoms with Crippen molar-refractivity contribution in [1.82, 2.24) is 10.2 Å². The predicted octanol–water partition coefficient (Wildman–Crippen LogP) is 3.37. The first-order valence-electron chi connectivity index (χ1n) is 10.5. The summed E-state index contributed by atoms with van der Waals surface area (Å²) in [5.74, 6) is 0.884. The Bertz CT molecular complexity index is 875. The van der Waals surface area contributed by atoms with Crippen LogP contribution in [0.5, 0.6) is 0 Å². The van der Waals surface area contributed by atoms with Gasteiger partial charge in [-0.1, -0.05) is 42.5 Å². The highest BCUT2D eigenvalue weighted by atomic mass is 16.5. The van der Waals surface area contributed by atoms with Crippen molar-refractivity contribution in [3.05, 3.63) is 59.2 Å². The maximum atomic E-state index is 12.3. The smallest absolute Gasteiger partial charge is 0.221 e. The maximum Gasteiger partial charge on any atom is 0.221 e. The van der Waals surface area contributed by atoms with Crippen molar-refractivity contribution in [3.63, 3.8) is 0 Å². The number of ether oxygens (including phenoxy) is 1. The number of carbonyl (C=O) groups is 1. The Morgan fingerprint density at radius 3 is 2.86 bits per heavy atom. The van der Waals surface area contributed by atoms with Gasteiger partial charge >= 0.3 is 0 Å². The van der Waals surface area contributed by atoms with E-state index in [0.717, 1.165) is 38.6 Å². The highest BCUT2D eigenvalue weighted by Gasteiger charge is 2.27. The molecule has 1 heterocycles. The molecule has 1 N–H and O–H groups in total. The van der Waals surface area contributed by atoms with E-state index < -0.39 is 0 Å². The number of amides is 1. The summed E-state index contributed by atoms with van der Waals surface area (Å²) in [7, 11) is 0. The van der Waals surface area contributed by atoms with E-state index in [0.29, 0.717) is 13.0 Å². The number of benzene rings is 2. The molecule has 2 aliphatic carbocycles. The fourth-order valence-corrected chi connectivity index (χ4v) is 4.48. The van der Waals surface area contributed by atoms with E-state index in [9.17, 15) is 4.79 Å². The number of nitrogens with one attached hydrogen (secondary N) is 1. The van der Waals surface area contributed by atoms with E-state index in [1.54, 1.807) is 0 Å². The molecule has 146 valence electrons. The number of carbonyl (C=O) groups excluding carboxylic acids is 1. The Hall–Kier alpha value is -2.17. The van der Waals surface area contributed by atoms with Gasteiger partial charge in [0.25, 0.3) is 0 Å². The Morgan fingerprint density at radius 2 is 1.96 bits per heavy atom. The van der Waals surface area contributed by atoms with Crippen LogP contribution < -0.4 is 5.32 Å². The highest BCUT2D eigenvalue weighted by Crippen LogP contribution is 2.37. The molecule has 1 aliphatic heterocycles. The lowest BCUT2D eigenvalue weighted by molar-refractivity contribution is -0.124. The monoisotopic (exact) mass is 376 g/mol. The van der Waals surface area contributed by atoms with Crippen molar-refractivity contribution in [2.45, 2.75) is 38.3 Å². The molecule has 2 aromatic rings. The van der Waals surface area contributed by atoms with Gasteiger partial charge in [-0.25, -0.2) is 0 Å². The third kappa shape index (κ3) is 3.85. The minimum absolute atomic E-state index is 0.164. The molecule has 0 bridgehead atoms. The molecular weight excluding hydrogens is 348 g/mol. The van der Waals surface area contributed by atoms with E-state index in [2.05, 4.69) is 52.7 Å². The molecule has 4 heteroatoms. The fourth-order valence-electron chi connectivity index (χ4n) is 4.48. The van der Waals surface area contributed by atoms with Crippen molar-refractivity contribution in [2.24, 2.45) is 5.92 Å². The van der Waals surface area contributed by atoms with E-state index in [4.69, 9.17) is 4.74 Å². The summed E-state index contributed by atoms with van der Waals surface area (Å²) in [5.41, 5.74) is 6.92. The van der Waals surface area contributed by atoms with Gasteiger partial charge < -0.3 is 10.1 Å². The van der Waals surface area contributed by atoms with Crippen LogP contribution in [0, 0.1) is 5.92 Å². The summed E-state index contributed by atoms with van der Waals surface area (Å²) in [6.45, 7) is 4.01. The van der Waals surface area contributed by atoms with E-state index >= 15 is 0 Å². The average Bonchev–Trinajstić information content (AvgIpc) is 3.47. The van der Waals surface area contributed by atoms with Crippen molar-refractivity contribution in [3.8, 4) is 11.1 Å². The zero-order valence-corrected chi connectivity index (χ0v) is 16.3. The summed E-state index contributed by atoms with van der Waals surface area (Å²) < 4.78 is 5.68. The minimum atomic E-state index is 0.164. The third-order valence-corrected chi connectivity index (χ3v) is 6.30. The van der Waals surface area contributed by atoms with E-state index in [1.807, 2.05) is 0 Å². The lowest BCUT2D eigenvalue weighted by Crippen LogP contribution is -2.47. The molecule has 0 unspecified atom stereocenters. The second-order valence-electron chi connectivity index (χ2n) is 8.48. The number of morpholine rings is 1. The van der Waals surface area contributed by atoms with Gasteiger partial charge in [0.2, 0.25) is 5.91 Å². The number of fused-ring (bicyclic) bond motifs is 3. The number of hydrogen-bond donors (Lipinski definition) is 1. The SMILES string of the molecule is O=C(C[C@H]1COCCN1Cc1ccc2c(c1)Cc1ccccc1-2)NCC1CC1. The maximum absolute atomic E-state index is 12.3. The highest BCUT2D eigenvalue weighted by molar-refractivity contribution is 5.77. The number of rotatable bonds is 6. The van der Waals surface area contributed by atoms with Crippen LogP contribution in [0.15, 0.2) is 42.5 Å². The Morgan fingerprint density at radius 1 is 1.11 bits per heavy atom. The second-order valence-corrected chi connectivity index (χ2v) is 8.48. The van der Waals surface area contributed by atoms with Gasteiger partial charge in [-0.3, -0.25) is 9.69 Å². The summed E-state index contributed by atoms with van der Waals surface area (Å²) >= 11 is 0. The standard InChI is InChI=1S/C24H28N2O2/c27-24(25-14-17-5-6-17)13-21-16-28-10-9-26(21)15-18-7-8-23-20(11-18)12-19-3-1-2-4-22(19)23/h1-4,7-8,11,17,21H,5-6,9-10,12-16H2,(H,25,27)/t21-/m0/s1. The molecule has 0 radical (unpaired) electrons. The van der Waals surface area contributed by atoms with E-state index in [-0.39, 0.29) is 11.9 Å². The van der Waals surface area contributed by atoms with Gasteiger partial charge in [0.05, 0.1) is 13.2 Å². The number of hydrogen-bond acceptors (Lipinski definition) is 3. The normalized spacial score (nSPS) is 21.2. The first kappa shape index (κ1) is 17.9. The first-order chi connectivity index (χ1) is 13.8. The Labute approximate surface area is 166 Å². The van der Waals surface area contributed by atoms with Gasteiger partial charge in [-0.15, -0.1) is 0 Å². The first-order valence-corrected chi connectivity index (χ1v) is 10.5. The molecular formula is C24H28N2O2. The zero-order chi connectivity index (χ0) is 18.9. The van der Waals surface area contributed by atoms with Gasteiger partial charge in [0.15, 0.2) is 0 Å². The minimum Gasteiger partial charge on any atom is -0.378 e. The summed E-state index contributed by atoms with van der Waals surface area (Å²) in [6, 6.07) is 15.7. The molecule has 0 aromatic heterocycles. The second kappa shape index (κ2) is 7.69. The van der Waals surface area contributed by atoms with Crippen LogP contribution >= 0.6 is 0 Å². The van der Waals surface area contributed by atoms with Crippen LogP contribution in [0.1, 0.15) is 36.0 Å². The lowest BCUT2D eigenvalue weighted by Gasteiger charge is -2.35. The van der Waals surface area contributed by atoms with Gasteiger partial charge in [-0.2, -0.15) is 0 Å². The third-order valence-electron chi connectivity index (χ3n) is 6.30. The molecule has 28 heavy (non-hydrogen) atoms. The average molecular weight is 377 g/mol. The molecule has 2 aromatic carbocycles. The van der Waals surface area contributed by atoms with Crippen LogP contribution in [0.2, 0.25) is 0 Å². The van der Waals surface area contributed by atoms with Crippen molar-refractivity contribution < 1.29 is 9.53 Å². The summed E-state index contributed by atoms with van der Waals surface area (Å²) in [4.78, 5) is 14.7. The molecule has 0 spiro atoms. The molecule has 4 nitrogen and oxygen atoms in total. The lowest BCUT2D eigenvalue weighted by atomic mass is 10.0. The van der Waals surface area contributed by atoms with Crippen molar-refractivity contribution >= 4 is 5.91 Å². The van der Waals surface area contributed by atoms with Crippen LogP contribution in [0.25, 0.3) is 11.1 Å². The molecule has 5 rings (SSSR count). The van der Waals surface area contributed by atoms with Gasteiger partial charge in [0, 0.05) is 32.1 Å². The molecule has 3 aliphatic rings. The topological polar surface area (TPSA) is 41.6 Å². The van der Waals surface area contributed by atoms with Crippen molar-refractivity contribution in [2.75, 3.05) is 26.3 Å². The molecule has 2 fully saturated rings. The summed E-state index contributed by atoms with van der Waals surface area (Å²) in [5, 5.41) is 3.10. The molecule has 1 saturated heterocycles. The quantitative estimate of drug-likeness (QED) is 0.717. The molecule has 1 saturated carbocycles. The van der Waals surface area contributed by atoms with E-state index in [1.165, 1.54) is 40.7 Å². The van der Waals surface area contributed by atoms with Crippen LogP contribution in [-0.4, -0.2) is 43.2 Å². The molecule has 1 atom stereocenters. The van der Waals surface area contributed by atoms with Crippen LogP contribution in [0.3, 0.4) is 0 Å². The molecule has 1 amide bonds. The predicted molar refractivity (Wildman–Crippen MR) is 110 cm³/mol. The Kier molecular flexibility index (Phi) is 4.91. The zero-order valence-electron chi connectivity index (χ0n) is 16.3. The Balaban J connectivity index is 1.25. The van der Waals surface area contributed by atoms with Crippen molar-refractivity contribution in [1.29, 1.82) is 0 Å². The fraction of sp³-hybridized carbons (Fsp3) is 0.458. The summed E-state index contributed by atoms with van der Waals surface area (Å²) in [6.07, 6.45) is 4.08.